The van der Waals surface area contributed by atoms with Gasteiger partial charge in [-0.05, 0) is 43.2 Å². The molecule has 0 amide bonds. The molecule has 0 saturated carbocycles. The molecular formula is C25H25N3O4S. The van der Waals surface area contributed by atoms with E-state index in [0.29, 0.717) is 17.6 Å². The Hall–Kier alpha value is -3.52. The van der Waals surface area contributed by atoms with Crippen LogP contribution < -0.4 is 4.74 Å². The van der Waals surface area contributed by atoms with E-state index in [0.717, 1.165) is 26.7 Å². The summed E-state index contributed by atoms with van der Waals surface area (Å²) in [7, 11) is 1.64. The van der Waals surface area contributed by atoms with Gasteiger partial charge in [0, 0.05) is 22.2 Å². The molecule has 2 aromatic carbocycles. The van der Waals surface area contributed by atoms with Crippen molar-refractivity contribution in [3.63, 3.8) is 0 Å². The maximum absolute atomic E-state index is 12.3. The predicted octanol–water partition coefficient (Wildman–Crippen LogP) is 5.32. The van der Waals surface area contributed by atoms with E-state index in [1.807, 2.05) is 55.5 Å². The minimum atomic E-state index is -0.608. The van der Waals surface area contributed by atoms with E-state index in [-0.39, 0.29) is 18.5 Å². The van der Waals surface area contributed by atoms with E-state index >= 15 is 0 Å². The lowest BCUT2D eigenvalue weighted by atomic mass is 9.99. The summed E-state index contributed by atoms with van der Waals surface area (Å²) in [5.41, 5.74) is 2.48. The van der Waals surface area contributed by atoms with Crippen LogP contribution in [-0.2, 0) is 9.53 Å². The van der Waals surface area contributed by atoms with Crippen molar-refractivity contribution in [3.05, 3.63) is 66.5 Å². The fourth-order valence-electron chi connectivity index (χ4n) is 3.67. The second-order valence-corrected chi connectivity index (χ2v) is 8.44. The van der Waals surface area contributed by atoms with Gasteiger partial charge in [-0.3, -0.25) is 4.79 Å². The monoisotopic (exact) mass is 463 g/mol. The number of aromatic nitrogens is 3. The molecule has 0 aliphatic carbocycles. The Balaban J connectivity index is 1.70. The smallest absolute Gasteiger partial charge is 0.313 e. The third kappa shape index (κ3) is 4.52. The summed E-state index contributed by atoms with van der Waals surface area (Å²) in [6.45, 7) is 3.89. The Kier molecular flexibility index (Phi) is 6.84. The Morgan fingerprint density at radius 3 is 2.64 bits per heavy atom. The molecule has 4 rings (SSSR count). The number of nitrogens with zero attached hydrogens (tertiary/aromatic N) is 3. The molecule has 1 unspecified atom stereocenters. The second kappa shape index (κ2) is 9.95. The zero-order chi connectivity index (χ0) is 23.4. The van der Waals surface area contributed by atoms with Gasteiger partial charge in [-0.15, -0.1) is 0 Å². The molecule has 1 N–H and O–H groups in total. The summed E-state index contributed by atoms with van der Waals surface area (Å²) in [5.74, 6) is -0.381. The van der Waals surface area contributed by atoms with Crippen molar-refractivity contribution < 1.29 is 19.4 Å². The number of aromatic hydroxyl groups is 1. The van der Waals surface area contributed by atoms with Gasteiger partial charge in [-0.2, -0.15) is 9.61 Å². The molecule has 0 spiro atoms. The summed E-state index contributed by atoms with van der Waals surface area (Å²) < 4.78 is 12.1. The molecule has 0 aliphatic rings. The van der Waals surface area contributed by atoms with E-state index in [2.05, 4.69) is 10.1 Å². The van der Waals surface area contributed by atoms with Crippen LogP contribution in [0, 0.1) is 0 Å². The standard InChI is InChI=1S/C25H25N3O4S/c1-4-18(25(30)32-5-2)20-14-26-23-19(15-27-28(23)24(20)29)16-11-12-22(21(13-16)31-3)33-17-9-7-6-8-10-17/h6-15,18,29H,4-5H2,1-3H3. The molecule has 0 saturated heterocycles. The molecule has 0 radical (unpaired) electrons. The lowest BCUT2D eigenvalue weighted by Crippen LogP contribution is -2.16. The highest BCUT2D eigenvalue weighted by Gasteiger charge is 2.26. The van der Waals surface area contributed by atoms with Crippen LogP contribution in [0.3, 0.4) is 0 Å². The Bertz CT molecular complexity index is 1270. The van der Waals surface area contributed by atoms with Gasteiger partial charge < -0.3 is 14.6 Å². The Morgan fingerprint density at radius 1 is 1.15 bits per heavy atom. The molecule has 8 heteroatoms. The normalized spacial score (nSPS) is 12.0. The van der Waals surface area contributed by atoms with Gasteiger partial charge in [0.2, 0.25) is 5.88 Å². The Labute approximate surface area is 196 Å². The summed E-state index contributed by atoms with van der Waals surface area (Å²) in [6.07, 6.45) is 3.65. The molecule has 0 bridgehead atoms. The molecule has 2 aromatic heterocycles. The number of benzene rings is 2. The van der Waals surface area contributed by atoms with Gasteiger partial charge in [-0.1, -0.05) is 43.0 Å². The minimum Gasteiger partial charge on any atom is -0.496 e. The first-order valence-corrected chi connectivity index (χ1v) is 11.5. The number of esters is 1. The van der Waals surface area contributed by atoms with Crippen molar-refractivity contribution in [3.8, 4) is 22.8 Å². The van der Waals surface area contributed by atoms with Gasteiger partial charge in [0.1, 0.15) is 5.75 Å². The molecule has 170 valence electrons. The maximum Gasteiger partial charge on any atom is 0.313 e. The number of methoxy groups -OCH3 is 1. The largest absolute Gasteiger partial charge is 0.496 e. The van der Waals surface area contributed by atoms with Gasteiger partial charge in [-0.25, -0.2) is 4.98 Å². The lowest BCUT2D eigenvalue weighted by molar-refractivity contribution is -0.145. The number of carbonyl (C=O) groups excluding carboxylic acids is 1. The molecule has 0 aliphatic heterocycles. The number of rotatable bonds is 8. The minimum absolute atomic E-state index is 0.116. The number of hydrogen-bond acceptors (Lipinski definition) is 7. The van der Waals surface area contributed by atoms with Crippen molar-refractivity contribution >= 4 is 23.4 Å². The number of carbonyl (C=O) groups is 1. The van der Waals surface area contributed by atoms with Crippen LogP contribution in [0.5, 0.6) is 11.6 Å². The van der Waals surface area contributed by atoms with Crippen LogP contribution in [0.4, 0.5) is 0 Å². The van der Waals surface area contributed by atoms with Crippen molar-refractivity contribution in [1.82, 2.24) is 14.6 Å². The quantitative estimate of drug-likeness (QED) is 0.354. The van der Waals surface area contributed by atoms with Crippen molar-refractivity contribution in [2.75, 3.05) is 13.7 Å². The van der Waals surface area contributed by atoms with Crippen molar-refractivity contribution in [2.24, 2.45) is 0 Å². The zero-order valence-corrected chi connectivity index (χ0v) is 19.5. The first-order valence-electron chi connectivity index (χ1n) is 10.7. The van der Waals surface area contributed by atoms with Crippen molar-refractivity contribution in [1.29, 1.82) is 0 Å². The fraction of sp³-hybridized carbons (Fsp3) is 0.240. The third-order valence-electron chi connectivity index (χ3n) is 5.33. The molecule has 4 aromatic rings. The predicted molar refractivity (Wildman–Crippen MR) is 127 cm³/mol. The highest BCUT2D eigenvalue weighted by molar-refractivity contribution is 7.99. The van der Waals surface area contributed by atoms with E-state index in [1.54, 1.807) is 32.0 Å². The molecule has 2 heterocycles. The van der Waals surface area contributed by atoms with Gasteiger partial charge >= 0.3 is 5.97 Å². The summed E-state index contributed by atoms with van der Waals surface area (Å²) in [6, 6.07) is 16.0. The van der Waals surface area contributed by atoms with Gasteiger partial charge in [0.05, 0.1) is 30.7 Å². The summed E-state index contributed by atoms with van der Waals surface area (Å²) in [4.78, 5) is 18.9. The first-order chi connectivity index (χ1) is 16.1. The van der Waals surface area contributed by atoms with E-state index in [9.17, 15) is 9.90 Å². The van der Waals surface area contributed by atoms with Crippen LogP contribution in [0.1, 0.15) is 31.7 Å². The fourth-order valence-corrected chi connectivity index (χ4v) is 4.60. The van der Waals surface area contributed by atoms with Gasteiger partial charge in [0.15, 0.2) is 5.65 Å². The molecule has 7 nitrogen and oxygen atoms in total. The van der Waals surface area contributed by atoms with Gasteiger partial charge in [0.25, 0.3) is 0 Å². The average Bonchev–Trinajstić information content (AvgIpc) is 3.27. The van der Waals surface area contributed by atoms with Crippen molar-refractivity contribution in [2.45, 2.75) is 36.0 Å². The molecule has 33 heavy (non-hydrogen) atoms. The highest BCUT2D eigenvalue weighted by atomic mass is 32.2. The van der Waals surface area contributed by atoms with E-state index in [4.69, 9.17) is 9.47 Å². The van der Waals surface area contributed by atoms with Crippen LogP contribution in [-0.4, -0.2) is 39.4 Å². The maximum atomic E-state index is 12.3. The Morgan fingerprint density at radius 2 is 1.94 bits per heavy atom. The topological polar surface area (TPSA) is 86.0 Å². The number of ether oxygens (including phenoxy) is 2. The molecule has 0 fully saturated rings. The van der Waals surface area contributed by atoms with Crippen LogP contribution in [0.25, 0.3) is 16.8 Å². The van der Waals surface area contributed by atoms with Crippen LogP contribution in [0.15, 0.2) is 70.7 Å². The molecule has 1 atom stereocenters. The number of fused-ring (bicyclic) bond motifs is 1. The number of hydrogen-bond donors (Lipinski definition) is 1. The zero-order valence-electron chi connectivity index (χ0n) is 18.7. The first kappa shape index (κ1) is 22.7. The second-order valence-electron chi connectivity index (χ2n) is 7.32. The average molecular weight is 464 g/mol. The van der Waals surface area contributed by atoms with Crippen LogP contribution in [0.2, 0.25) is 0 Å². The van der Waals surface area contributed by atoms with E-state index < -0.39 is 5.92 Å². The van der Waals surface area contributed by atoms with Crippen LogP contribution >= 0.6 is 11.8 Å². The third-order valence-corrected chi connectivity index (χ3v) is 6.39. The molecular weight excluding hydrogens is 438 g/mol. The summed E-state index contributed by atoms with van der Waals surface area (Å²) in [5, 5.41) is 15.2. The van der Waals surface area contributed by atoms with E-state index in [1.165, 1.54) is 10.7 Å². The highest BCUT2D eigenvalue weighted by Crippen LogP contribution is 2.39. The lowest BCUT2D eigenvalue weighted by Gasteiger charge is -2.15. The SMILES string of the molecule is CCOC(=O)C(CC)c1cnc2c(-c3ccc(Sc4ccccc4)c(OC)c3)cnn2c1O. The summed E-state index contributed by atoms with van der Waals surface area (Å²) >= 11 is 1.62.